The van der Waals surface area contributed by atoms with Gasteiger partial charge in [0.25, 0.3) is 0 Å². The molecule has 0 radical (unpaired) electrons. The topological polar surface area (TPSA) is 18.8 Å². The average Bonchev–Trinajstić information content (AvgIpc) is 2.55. The summed E-state index contributed by atoms with van der Waals surface area (Å²) in [5.41, 5.74) is 1.20. The lowest BCUT2D eigenvalue weighted by Gasteiger charge is -2.24. The SMILES string of the molecule is CCP1N(C)N=C(c2ccccc2)N1C. The first-order valence-electron chi connectivity index (χ1n) is 5.13. The minimum Gasteiger partial charge on any atom is -0.319 e. The molecule has 0 spiro atoms. The summed E-state index contributed by atoms with van der Waals surface area (Å²) in [6, 6.07) is 10.4. The Bertz CT molecular complexity index is 363. The fourth-order valence-corrected chi connectivity index (χ4v) is 3.59. The van der Waals surface area contributed by atoms with Gasteiger partial charge in [0.05, 0.1) is 0 Å². The van der Waals surface area contributed by atoms with Crippen LogP contribution in [0, 0.1) is 0 Å². The highest BCUT2D eigenvalue weighted by molar-refractivity contribution is 7.53. The highest BCUT2D eigenvalue weighted by Gasteiger charge is 2.28. The predicted octanol–water partition coefficient (Wildman–Crippen LogP) is 2.56. The summed E-state index contributed by atoms with van der Waals surface area (Å²) >= 11 is 0. The van der Waals surface area contributed by atoms with Gasteiger partial charge in [-0.05, 0) is 0 Å². The van der Waals surface area contributed by atoms with Crippen molar-refractivity contribution in [3.05, 3.63) is 35.9 Å². The molecule has 1 heterocycles. The Kier molecular flexibility index (Phi) is 2.92. The predicted molar refractivity (Wildman–Crippen MR) is 66.0 cm³/mol. The maximum atomic E-state index is 4.60. The van der Waals surface area contributed by atoms with Gasteiger partial charge in [-0.3, -0.25) is 4.78 Å². The standard InChI is InChI=1S/C11H16N3P/c1-4-15-13(2)11(12-14(15)3)10-8-6-5-7-9-10/h5-9H,4H2,1-3H3. The summed E-state index contributed by atoms with van der Waals surface area (Å²) in [6.07, 6.45) is 1.14. The molecule has 0 N–H and O–H groups in total. The third-order valence-electron chi connectivity index (χ3n) is 2.54. The van der Waals surface area contributed by atoms with E-state index in [0.29, 0.717) is 0 Å². The number of hydrazone groups is 1. The normalized spacial score (nSPS) is 20.7. The van der Waals surface area contributed by atoms with Crippen molar-refractivity contribution in [2.24, 2.45) is 5.10 Å². The van der Waals surface area contributed by atoms with Crippen molar-refractivity contribution in [3.8, 4) is 0 Å². The van der Waals surface area contributed by atoms with Crippen molar-refractivity contribution in [2.75, 3.05) is 20.3 Å². The van der Waals surface area contributed by atoms with Crippen molar-refractivity contribution in [2.45, 2.75) is 6.92 Å². The fraction of sp³-hybridized carbons (Fsp3) is 0.364. The molecule has 0 aromatic heterocycles. The quantitative estimate of drug-likeness (QED) is 0.715. The molecule has 15 heavy (non-hydrogen) atoms. The monoisotopic (exact) mass is 221 g/mol. The molecule has 0 amide bonds. The largest absolute Gasteiger partial charge is 0.319 e. The highest BCUT2D eigenvalue weighted by atomic mass is 31.1. The van der Waals surface area contributed by atoms with E-state index in [9.17, 15) is 0 Å². The summed E-state index contributed by atoms with van der Waals surface area (Å²) in [5.74, 6) is 1.09. The summed E-state index contributed by atoms with van der Waals surface area (Å²) in [5, 5.41) is 4.60. The van der Waals surface area contributed by atoms with Gasteiger partial charge in [-0.25, -0.2) is 0 Å². The first kappa shape index (κ1) is 10.4. The van der Waals surface area contributed by atoms with Crippen LogP contribution in [-0.2, 0) is 0 Å². The van der Waals surface area contributed by atoms with E-state index in [0.717, 1.165) is 12.0 Å². The van der Waals surface area contributed by atoms with E-state index >= 15 is 0 Å². The molecule has 0 saturated carbocycles. The van der Waals surface area contributed by atoms with Crippen molar-refractivity contribution in [1.29, 1.82) is 0 Å². The van der Waals surface area contributed by atoms with E-state index in [1.54, 1.807) is 0 Å². The van der Waals surface area contributed by atoms with E-state index in [4.69, 9.17) is 0 Å². The zero-order valence-electron chi connectivity index (χ0n) is 9.38. The first-order valence-corrected chi connectivity index (χ1v) is 6.56. The van der Waals surface area contributed by atoms with Gasteiger partial charge < -0.3 is 4.67 Å². The molecular formula is C11H16N3P. The van der Waals surface area contributed by atoms with Crippen LogP contribution in [0.4, 0.5) is 0 Å². The molecule has 1 unspecified atom stereocenters. The highest BCUT2D eigenvalue weighted by Crippen LogP contribution is 2.47. The van der Waals surface area contributed by atoms with E-state index < -0.39 is 0 Å². The van der Waals surface area contributed by atoms with Crippen LogP contribution in [0.25, 0.3) is 0 Å². The summed E-state index contributed by atoms with van der Waals surface area (Å²) < 4.78 is 4.39. The van der Waals surface area contributed by atoms with Crippen LogP contribution in [0.2, 0.25) is 0 Å². The van der Waals surface area contributed by atoms with Crippen LogP contribution >= 0.6 is 8.22 Å². The molecule has 80 valence electrons. The van der Waals surface area contributed by atoms with Gasteiger partial charge in [0, 0.05) is 25.8 Å². The van der Waals surface area contributed by atoms with E-state index in [-0.39, 0.29) is 8.22 Å². The maximum absolute atomic E-state index is 4.60. The molecule has 0 saturated heterocycles. The van der Waals surface area contributed by atoms with Gasteiger partial charge >= 0.3 is 0 Å². The average molecular weight is 221 g/mol. The number of nitrogens with zero attached hydrogens (tertiary/aromatic N) is 3. The number of benzene rings is 1. The molecule has 0 bridgehead atoms. The third kappa shape index (κ3) is 1.84. The van der Waals surface area contributed by atoms with Crippen molar-refractivity contribution in [1.82, 2.24) is 9.45 Å². The van der Waals surface area contributed by atoms with Crippen LogP contribution in [0.1, 0.15) is 12.5 Å². The molecule has 1 atom stereocenters. The molecule has 1 aliphatic rings. The zero-order chi connectivity index (χ0) is 10.8. The number of rotatable bonds is 2. The number of hydrogen-bond donors (Lipinski definition) is 0. The molecule has 1 aromatic carbocycles. The summed E-state index contributed by atoms with van der Waals surface area (Å²) in [6.45, 7) is 2.21. The van der Waals surface area contributed by atoms with E-state index in [2.05, 4.69) is 59.8 Å². The van der Waals surface area contributed by atoms with Gasteiger partial charge in [-0.2, -0.15) is 5.10 Å². The van der Waals surface area contributed by atoms with Crippen molar-refractivity contribution >= 4 is 14.1 Å². The van der Waals surface area contributed by atoms with Gasteiger partial charge in [0.2, 0.25) is 0 Å². The van der Waals surface area contributed by atoms with Crippen LogP contribution in [0.3, 0.4) is 0 Å². The Morgan fingerprint density at radius 3 is 2.40 bits per heavy atom. The zero-order valence-corrected chi connectivity index (χ0v) is 10.3. The Labute approximate surface area is 92.2 Å². The first-order chi connectivity index (χ1) is 7.24. The van der Waals surface area contributed by atoms with Crippen molar-refractivity contribution < 1.29 is 0 Å². The smallest absolute Gasteiger partial charge is 0.160 e. The van der Waals surface area contributed by atoms with Crippen LogP contribution < -0.4 is 0 Å². The summed E-state index contributed by atoms with van der Waals surface area (Å²) in [4.78, 5) is 0. The maximum Gasteiger partial charge on any atom is 0.160 e. The Hall–Kier alpha value is -1.08. The number of hydrogen-bond acceptors (Lipinski definition) is 3. The summed E-state index contributed by atoms with van der Waals surface area (Å²) in [7, 11) is 3.92. The second-order valence-corrected chi connectivity index (χ2v) is 6.05. The van der Waals surface area contributed by atoms with E-state index in [1.165, 1.54) is 5.56 Å². The molecule has 3 nitrogen and oxygen atoms in total. The van der Waals surface area contributed by atoms with Crippen LogP contribution in [-0.4, -0.2) is 35.5 Å². The second kappa shape index (κ2) is 4.19. The van der Waals surface area contributed by atoms with Gasteiger partial charge in [0.15, 0.2) is 5.84 Å². The van der Waals surface area contributed by atoms with Crippen LogP contribution in [0.5, 0.6) is 0 Å². The third-order valence-corrected chi connectivity index (χ3v) is 4.75. The molecule has 1 aromatic rings. The molecule has 0 aliphatic carbocycles. The minimum atomic E-state index is -0.265. The molecular weight excluding hydrogens is 205 g/mol. The van der Waals surface area contributed by atoms with E-state index in [1.807, 2.05) is 6.07 Å². The Morgan fingerprint density at radius 1 is 1.20 bits per heavy atom. The van der Waals surface area contributed by atoms with Crippen molar-refractivity contribution in [3.63, 3.8) is 0 Å². The Morgan fingerprint density at radius 2 is 1.87 bits per heavy atom. The Balaban J connectivity index is 2.29. The number of amidine groups is 1. The molecule has 4 heteroatoms. The minimum absolute atomic E-state index is 0.265. The fourth-order valence-electron chi connectivity index (χ4n) is 1.81. The lowest BCUT2D eigenvalue weighted by atomic mass is 10.2. The van der Waals surface area contributed by atoms with Crippen LogP contribution in [0.15, 0.2) is 35.4 Å². The van der Waals surface area contributed by atoms with Gasteiger partial charge in [-0.15, -0.1) is 0 Å². The lowest BCUT2D eigenvalue weighted by Crippen LogP contribution is -2.19. The van der Waals surface area contributed by atoms with Gasteiger partial charge in [-0.1, -0.05) is 37.3 Å². The lowest BCUT2D eigenvalue weighted by molar-refractivity contribution is 0.599. The molecule has 1 aliphatic heterocycles. The molecule has 2 rings (SSSR count). The molecule has 0 fully saturated rings. The second-order valence-electron chi connectivity index (χ2n) is 3.49. The van der Waals surface area contributed by atoms with Gasteiger partial charge in [0.1, 0.15) is 8.22 Å².